The van der Waals surface area contributed by atoms with Crippen LogP contribution in [0.15, 0.2) is 53.4 Å². The Bertz CT molecular complexity index is 611. The Kier molecular flexibility index (Phi) is 6.31. The summed E-state index contributed by atoms with van der Waals surface area (Å²) in [7, 11) is 0. The molecule has 2 rings (SSSR count). The highest BCUT2D eigenvalue weighted by Crippen LogP contribution is 2.18. The predicted octanol–water partition coefficient (Wildman–Crippen LogP) is 4.01. The van der Waals surface area contributed by atoms with Crippen molar-refractivity contribution in [3.63, 3.8) is 0 Å². The van der Waals surface area contributed by atoms with E-state index in [4.69, 9.17) is 16.3 Å². The molecule has 0 radical (unpaired) electrons. The van der Waals surface area contributed by atoms with Gasteiger partial charge in [-0.2, -0.15) is 0 Å². The topological polar surface area (TPSA) is 49.4 Å². The fourth-order valence-electron chi connectivity index (χ4n) is 2.00. The number of aryl methyl sites for hydroxylation is 1. The Balaban J connectivity index is 1.80. The number of carbonyl (C=O) groups is 1. The molecule has 0 fully saturated rings. The maximum absolute atomic E-state index is 12.1. The molecule has 0 saturated carbocycles. The molecule has 2 aromatic rings. The van der Waals surface area contributed by atoms with E-state index in [0.29, 0.717) is 16.5 Å². The highest BCUT2D eigenvalue weighted by atomic mass is 35.5. The fraction of sp³-hybridized carbons (Fsp3) is 0.235. The molecule has 0 N–H and O–H groups in total. The Morgan fingerprint density at radius 3 is 2.36 bits per heavy atom. The van der Waals surface area contributed by atoms with Crippen molar-refractivity contribution < 1.29 is 14.1 Å². The first-order valence-electron chi connectivity index (χ1n) is 6.96. The quantitative estimate of drug-likeness (QED) is 0.455. The summed E-state index contributed by atoms with van der Waals surface area (Å²) in [5.74, 6) is 0.819. The van der Waals surface area contributed by atoms with Gasteiger partial charge in [-0.05, 0) is 66.0 Å². The van der Waals surface area contributed by atoms with Crippen molar-refractivity contribution in [3.8, 4) is 5.75 Å². The molecule has 0 aliphatic rings. The van der Waals surface area contributed by atoms with Gasteiger partial charge in [-0.25, -0.2) is 0 Å². The highest BCUT2D eigenvalue weighted by Gasteiger charge is 2.10. The Morgan fingerprint density at radius 2 is 1.77 bits per heavy atom. The molecule has 116 valence electrons. The summed E-state index contributed by atoms with van der Waals surface area (Å²) in [6.45, 7) is 1.37. The van der Waals surface area contributed by atoms with Gasteiger partial charge in [0.2, 0.25) is 0 Å². The molecule has 2 aromatic carbocycles. The van der Waals surface area contributed by atoms with Crippen molar-refractivity contribution in [2.75, 3.05) is 5.75 Å². The van der Waals surface area contributed by atoms with Crippen molar-refractivity contribution in [1.82, 2.24) is 0 Å². The van der Waals surface area contributed by atoms with Crippen molar-refractivity contribution >= 4 is 28.7 Å². The molecule has 1 unspecified atom stereocenters. The molecule has 3 nitrogen and oxygen atoms in total. The second-order valence-electron chi connectivity index (χ2n) is 4.84. The van der Waals surface area contributed by atoms with E-state index in [1.165, 1.54) is 6.92 Å². The van der Waals surface area contributed by atoms with E-state index in [1.807, 2.05) is 12.1 Å². The predicted molar refractivity (Wildman–Crippen MR) is 88.8 cm³/mol. The molecule has 0 amide bonds. The van der Waals surface area contributed by atoms with Crippen LogP contribution in [-0.4, -0.2) is 16.3 Å². The Hall–Kier alpha value is -1.49. The van der Waals surface area contributed by atoms with E-state index < -0.39 is 11.2 Å². The molecule has 0 saturated heterocycles. The van der Waals surface area contributed by atoms with Gasteiger partial charge in [0.15, 0.2) is 4.90 Å². The van der Waals surface area contributed by atoms with Gasteiger partial charge in [-0.1, -0.05) is 23.7 Å². The summed E-state index contributed by atoms with van der Waals surface area (Å²) in [4.78, 5) is 11.6. The normalized spacial score (nSPS) is 12.0. The number of esters is 1. The van der Waals surface area contributed by atoms with Crippen molar-refractivity contribution in [3.05, 3.63) is 59.1 Å². The number of halogens is 1. The van der Waals surface area contributed by atoms with E-state index in [9.17, 15) is 9.35 Å². The van der Waals surface area contributed by atoms with Crippen LogP contribution in [-0.2, 0) is 22.4 Å². The summed E-state index contributed by atoms with van der Waals surface area (Å²) in [6, 6.07) is 14.5. The lowest BCUT2D eigenvalue weighted by Gasteiger charge is -2.10. The van der Waals surface area contributed by atoms with Crippen LogP contribution in [0.4, 0.5) is 0 Å². The highest BCUT2D eigenvalue weighted by molar-refractivity contribution is 7.91. The van der Waals surface area contributed by atoms with Crippen LogP contribution in [0.5, 0.6) is 5.75 Å². The van der Waals surface area contributed by atoms with Crippen molar-refractivity contribution in [2.24, 2.45) is 0 Å². The third-order valence-corrected chi connectivity index (χ3v) is 4.77. The van der Waals surface area contributed by atoms with Gasteiger partial charge in [0.1, 0.15) is 11.5 Å². The molecular formula is C17H17ClO3S. The third-order valence-electron chi connectivity index (χ3n) is 3.06. The SMILES string of the molecule is CC(=O)Oc1ccc(CCC[S+]([O-])c2ccc(Cl)cc2)cc1. The lowest BCUT2D eigenvalue weighted by atomic mass is 10.1. The van der Waals surface area contributed by atoms with Crippen LogP contribution in [0.25, 0.3) is 0 Å². The maximum atomic E-state index is 12.1. The molecule has 5 heteroatoms. The first-order valence-corrected chi connectivity index (χ1v) is 8.65. The Morgan fingerprint density at radius 1 is 1.14 bits per heavy atom. The first kappa shape index (κ1) is 16.9. The lowest BCUT2D eigenvalue weighted by Crippen LogP contribution is -2.07. The van der Waals surface area contributed by atoms with Gasteiger partial charge in [-0.3, -0.25) is 4.79 Å². The van der Waals surface area contributed by atoms with E-state index in [0.717, 1.165) is 23.3 Å². The van der Waals surface area contributed by atoms with Gasteiger partial charge < -0.3 is 9.29 Å². The summed E-state index contributed by atoms with van der Waals surface area (Å²) in [5, 5.41) is 0.647. The van der Waals surface area contributed by atoms with Crippen LogP contribution in [0.1, 0.15) is 18.9 Å². The maximum Gasteiger partial charge on any atom is 0.308 e. The summed E-state index contributed by atoms with van der Waals surface area (Å²) < 4.78 is 17.1. The zero-order valence-corrected chi connectivity index (χ0v) is 13.8. The zero-order chi connectivity index (χ0) is 15.9. The smallest absolute Gasteiger partial charge is 0.308 e. The standard InChI is InChI=1S/C17H17ClO3S/c1-13(19)21-16-8-4-14(5-9-16)3-2-12-22(20)17-10-6-15(18)7-11-17/h4-11H,2-3,12H2,1H3. The largest absolute Gasteiger partial charge is 0.611 e. The Labute approximate surface area is 138 Å². The van der Waals surface area contributed by atoms with Crippen molar-refractivity contribution in [2.45, 2.75) is 24.7 Å². The second-order valence-corrected chi connectivity index (χ2v) is 6.85. The monoisotopic (exact) mass is 336 g/mol. The molecule has 0 aliphatic carbocycles. The minimum absolute atomic E-state index is 0.328. The van der Waals surface area contributed by atoms with Gasteiger partial charge in [0.05, 0.1) is 0 Å². The number of hydrogen-bond donors (Lipinski definition) is 0. The molecule has 22 heavy (non-hydrogen) atoms. The first-order chi connectivity index (χ1) is 10.5. The van der Waals surface area contributed by atoms with Crippen LogP contribution in [0.3, 0.4) is 0 Å². The number of hydrogen-bond acceptors (Lipinski definition) is 3. The number of rotatable bonds is 6. The van der Waals surface area contributed by atoms with E-state index in [2.05, 4.69) is 0 Å². The fourth-order valence-corrected chi connectivity index (χ4v) is 3.21. The molecule has 0 spiro atoms. The van der Waals surface area contributed by atoms with Crippen LogP contribution >= 0.6 is 11.6 Å². The van der Waals surface area contributed by atoms with Crippen LogP contribution in [0, 0.1) is 0 Å². The van der Waals surface area contributed by atoms with E-state index in [-0.39, 0.29) is 5.97 Å². The lowest BCUT2D eigenvalue weighted by molar-refractivity contribution is -0.131. The van der Waals surface area contributed by atoms with Gasteiger partial charge in [0.25, 0.3) is 0 Å². The second kappa shape index (κ2) is 8.22. The van der Waals surface area contributed by atoms with Crippen LogP contribution < -0.4 is 4.74 Å². The number of carbonyl (C=O) groups excluding carboxylic acids is 1. The molecule has 0 heterocycles. The summed E-state index contributed by atoms with van der Waals surface area (Å²) >= 11 is 4.81. The van der Waals surface area contributed by atoms with Gasteiger partial charge in [0, 0.05) is 11.9 Å². The third kappa shape index (κ3) is 5.37. The minimum atomic E-state index is -1.01. The molecule has 1 atom stereocenters. The average molecular weight is 337 g/mol. The zero-order valence-electron chi connectivity index (χ0n) is 12.3. The number of ether oxygens (including phenoxy) is 1. The van der Waals surface area contributed by atoms with Crippen molar-refractivity contribution in [1.29, 1.82) is 0 Å². The average Bonchev–Trinajstić information content (AvgIpc) is 2.49. The summed E-state index contributed by atoms with van der Waals surface area (Å²) in [5.41, 5.74) is 1.13. The molecular weight excluding hydrogens is 320 g/mol. The summed E-state index contributed by atoms with van der Waals surface area (Å²) in [6.07, 6.45) is 1.65. The van der Waals surface area contributed by atoms with Crippen LogP contribution in [0.2, 0.25) is 5.02 Å². The van der Waals surface area contributed by atoms with E-state index >= 15 is 0 Å². The van der Waals surface area contributed by atoms with Gasteiger partial charge in [-0.15, -0.1) is 0 Å². The molecule has 0 aromatic heterocycles. The number of benzene rings is 2. The molecule has 0 bridgehead atoms. The van der Waals surface area contributed by atoms with E-state index in [1.54, 1.807) is 36.4 Å². The van der Waals surface area contributed by atoms with Gasteiger partial charge >= 0.3 is 5.97 Å². The molecule has 0 aliphatic heterocycles. The minimum Gasteiger partial charge on any atom is -0.611 e.